The summed E-state index contributed by atoms with van der Waals surface area (Å²) in [6, 6.07) is -3.20. The summed E-state index contributed by atoms with van der Waals surface area (Å²) in [5.41, 5.74) is -1.75. The van der Waals surface area contributed by atoms with Crippen molar-refractivity contribution in [2.75, 3.05) is 27.4 Å². The number of benzene rings is 1. The molecule has 0 aliphatic carbocycles. The lowest BCUT2D eigenvalue weighted by molar-refractivity contribution is -0.336. The molecule has 3 rings (SSSR count). The Hall–Kier alpha value is -2.68. The first kappa shape index (κ1) is 32.8. The van der Waals surface area contributed by atoms with Crippen LogP contribution in [-0.2, 0) is 23.7 Å². The van der Waals surface area contributed by atoms with Gasteiger partial charge in [-0.3, -0.25) is 9.59 Å². The second-order valence-electron chi connectivity index (χ2n) is 9.15. The van der Waals surface area contributed by atoms with Crippen molar-refractivity contribution in [3.05, 3.63) is 28.8 Å². The van der Waals surface area contributed by atoms with Crippen LogP contribution in [0.15, 0.2) is 0 Å². The number of carbonyl (C=O) groups excluding carboxylic acids is 2. The van der Waals surface area contributed by atoms with Crippen molar-refractivity contribution in [3.63, 3.8) is 0 Å². The molecule has 2 saturated heterocycles. The Morgan fingerprint density at radius 2 is 1.37 bits per heavy atom. The quantitative estimate of drug-likeness (QED) is 0.115. The fraction of sp³-hybridized carbons (Fsp3) is 0.652. The van der Waals surface area contributed by atoms with Crippen LogP contribution in [0.25, 0.3) is 0 Å². The zero-order chi connectivity index (χ0) is 30.8. The van der Waals surface area contributed by atoms with Gasteiger partial charge in [0.05, 0.1) is 26.4 Å². The fourth-order valence-corrected chi connectivity index (χ4v) is 4.56. The minimum absolute atomic E-state index is 0.605. The van der Waals surface area contributed by atoms with Crippen molar-refractivity contribution in [1.82, 2.24) is 10.6 Å². The lowest BCUT2D eigenvalue weighted by atomic mass is 9.94. The molecule has 18 heteroatoms. The largest absolute Gasteiger partial charge is 0.491 e. The first-order valence-electron chi connectivity index (χ1n) is 12.1. The maximum Gasteiger partial charge on any atom is 0.257 e. The molecule has 0 spiro atoms. The standard InChI is InChI=1S/C23H30F4N2O12/c1-6(32)28-15-17(34)19(8(5-31)40-22(15)38-3)41-23-18(35)14(16(33)7(4-30)39-23)29-21(36)9-10(24)12(26)20(37-2)13(27)11(9)25/h7-8,14-19,22-23,30-31,33-35H,4-5H2,1-3H3,(H,28,32)(H,29,36)/t7?,8?,14?,15-,16-,17?,18-,19+,22+,23-/m0/s1. The zero-order valence-electron chi connectivity index (χ0n) is 21.8. The molecule has 0 saturated carbocycles. The molecule has 0 bridgehead atoms. The van der Waals surface area contributed by atoms with E-state index in [1.807, 2.05) is 5.32 Å². The average Bonchev–Trinajstić information content (AvgIpc) is 2.93. The number of nitrogens with one attached hydrogen (secondary N) is 2. The van der Waals surface area contributed by atoms with Crippen LogP contribution in [0.1, 0.15) is 17.3 Å². The van der Waals surface area contributed by atoms with Crippen LogP contribution in [0.5, 0.6) is 5.75 Å². The van der Waals surface area contributed by atoms with Gasteiger partial charge in [0.1, 0.15) is 48.2 Å². The van der Waals surface area contributed by atoms with Gasteiger partial charge in [-0.2, -0.15) is 8.78 Å². The van der Waals surface area contributed by atoms with E-state index in [2.05, 4.69) is 10.1 Å². The number of aliphatic hydroxyl groups excluding tert-OH is 5. The topological polar surface area (TPSA) is 206 Å². The highest BCUT2D eigenvalue weighted by Gasteiger charge is 2.52. The normalized spacial score (nSPS) is 33.8. The van der Waals surface area contributed by atoms with Crippen LogP contribution in [0.3, 0.4) is 0 Å². The van der Waals surface area contributed by atoms with Crippen molar-refractivity contribution in [2.24, 2.45) is 0 Å². The van der Waals surface area contributed by atoms with Gasteiger partial charge in [0.25, 0.3) is 5.91 Å². The van der Waals surface area contributed by atoms with Gasteiger partial charge in [-0.1, -0.05) is 0 Å². The summed E-state index contributed by atoms with van der Waals surface area (Å²) in [5.74, 6) is -12.2. The Bertz CT molecular complexity index is 1090. The molecule has 2 fully saturated rings. The molecule has 2 aliphatic heterocycles. The number of methoxy groups -OCH3 is 2. The van der Waals surface area contributed by atoms with Gasteiger partial charge in [-0.25, -0.2) is 8.78 Å². The number of hydrogen-bond donors (Lipinski definition) is 7. The predicted molar refractivity (Wildman–Crippen MR) is 123 cm³/mol. The Morgan fingerprint density at radius 1 is 0.805 bits per heavy atom. The Labute approximate surface area is 229 Å². The van der Waals surface area contributed by atoms with Crippen LogP contribution in [-0.4, -0.2) is 126 Å². The van der Waals surface area contributed by atoms with Crippen LogP contribution >= 0.6 is 0 Å². The van der Waals surface area contributed by atoms with E-state index in [1.165, 1.54) is 7.11 Å². The van der Waals surface area contributed by atoms with E-state index in [0.29, 0.717) is 0 Å². The molecule has 7 N–H and O–H groups in total. The molecule has 0 aromatic heterocycles. The first-order chi connectivity index (χ1) is 19.3. The van der Waals surface area contributed by atoms with Gasteiger partial charge in [-0.15, -0.1) is 0 Å². The fourth-order valence-electron chi connectivity index (χ4n) is 4.56. The van der Waals surface area contributed by atoms with E-state index in [-0.39, 0.29) is 0 Å². The highest BCUT2D eigenvalue weighted by Crippen LogP contribution is 2.32. The molecule has 1 aromatic carbocycles. The summed E-state index contributed by atoms with van der Waals surface area (Å²) in [6.45, 7) is -0.604. The van der Waals surface area contributed by atoms with Crippen LogP contribution < -0.4 is 15.4 Å². The molecule has 10 atom stereocenters. The van der Waals surface area contributed by atoms with Crippen molar-refractivity contribution in [3.8, 4) is 5.75 Å². The minimum atomic E-state index is -2.13. The highest BCUT2D eigenvalue weighted by molar-refractivity contribution is 5.95. The van der Waals surface area contributed by atoms with E-state index >= 15 is 0 Å². The number of halogens is 4. The third-order valence-corrected chi connectivity index (χ3v) is 6.58. The second kappa shape index (κ2) is 13.5. The van der Waals surface area contributed by atoms with Gasteiger partial charge < -0.3 is 59.9 Å². The third-order valence-electron chi connectivity index (χ3n) is 6.58. The summed E-state index contributed by atoms with van der Waals surface area (Å²) >= 11 is 0. The van der Waals surface area contributed by atoms with Gasteiger partial charge in [0.2, 0.25) is 17.5 Å². The molecule has 0 radical (unpaired) electrons. The minimum Gasteiger partial charge on any atom is -0.491 e. The predicted octanol–water partition coefficient (Wildman–Crippen LogP) is -2.60. The summed E-state index contributed by atoms with van der Waals surface area (Å²) in [6.07, 6.45) is -13.5. The zero-order valence-corrected chi connectivity index (χ0v) is 21.8. The first-order valence-corrected chi connectivity index (χ1v) is 12.1. The van der Waals surface area contributed by atoms with Crippen molar-refractivity contribution < 1.29 is 76.4 Å². The Kier molecular flexibility index (Phi) is 10.8. The molecule has 4 unspecified atom stereocenters. The lowest BCUT2D eigenvalue weighted by Gasteiger charge is -2.47. The van der Waals surface area contributed by atoms with Gasteiger partial charge in [0.15, 0.2) is 30.0 Å². The summed E-state index contributed by atoms with van der Waals surface area (Å²) in [5, 5.41) is 56.0. The average molecular weight is 602 g/mol. The highest BCUT2D eigenvalue weighted by atomic mass is 19.2. The maximum absolute atomic E-state index is 14.5. The molecular formula is C23H30F4N2O12. The molecule has 14 nitrogen and oxygen atoms in total. The molecule has 2 aliphatic rings. The molecular weight excluding hydrogens is 572 g/mol. The summed E-state index contributed by atoms with van der Waals surface area (Å²) < 4.78 is 83.1. The Balaban J connectivity index is 1.90. The van der Waals surface area contributed by atoms with Gasteiger partial charge in [-0.05, 0) is 0 Å². The molecule has 41 heavy (non-hydrogen) atoms. The van der Waals surface area contributed by atoms with E-state index < -0.39 is 121 Å². The SMILES string of the molecule is COc1c(F)c(F)c(C(=O)NC2[C@@H](O)C(CO)O[C@@H](O[C@@H]3C(CO)O[C@@H](OC)[C@@H](NC(C)=O)C3O)[C@H]2O)c(F)c1F. The third kappa shape index (κ3) is 6.40. The number of hydrogen-bond acceptors (Lipinski definition) is 12. The molecule has 2 heterocycles. The van der Waals surface area contributed by atoms with Crippen molar-refractivity contribution in [1.29, 1.82) is 0 Å². The van der Waals surface area contributed by atoms with Gasteiger partial charge in [0, 0.05) is 14.0 Å². The van der Waals surface area contributed by atoms with E-state index in [1.54, 1.807) is 0 Å². The van der Waals surface area contributed by atoms with E-state index in [4.69, 9.17) is 18.9 Å². The number of aliphatic hydroxyl groups is 5. The Morgan fingerprint density at radius 3 is 1.85 bits per heavy atom. The van der Waals surface area contributed by atoms with Crippen molar-refractivity contribution >= 4 is 11.8 Å². The van der Waals surface area contributed by atoms with Crippen LogP contribution in [0, 0.1) is 23.3 Å². The van der Waals surface area contributed by atoms with Crippen LogP contribution in [0.4, 0.5) is 17.6 Å². The lowest BCUT2D eigenvalue weighted by Crippen LogP contribution is -2.69. The van der Waals surface area contributed by atoms with Crippen LogP contribution in [0.2, 0.25) is 0 Å². The number of carbonyl (C=O) groups is 2. The van der Waals surface area contributed by atoms with Gasteiger partial charge >= 0.3 is 0 Å². The second-order valence-corrected chi connectivity index (χ2v) is 9.15. The van der Waals surface area contributed by atoms with E-state index in [0.717, 1.165) is 14.0 Å². The smallest absolute Gasteiger partial charge is 0.257 e. The number of ether oxygens (including phenoxy) is 5. The number of rotatable bonds is 9. The monoisotopic (exact) mass is 602 g/mol. The molecule has 1 aromatic rings. The van der Waals surface area contributed by atoms with E-state index in [9.17, 15) is 52.7 Å². The summed E-state index contributed by atoms with van der Waals surface area (Å²) in [7, 11) is 1.93. The maximum atomic E-state index is 14.5. The van der Waals surface area contributed by atoms with Crippen molar-refractivity contribution in [2.45, 2.75) is 68.2 Å². The number of amides is 2. The molecule has 2 amide bonds. The summed E-state index contributed by atoms with van der Waals surface area (Å²) in [4.78, 5) is 24.4. The molecule has 232 valence electrons.